The molecule has 30 heavy (non-hydrogen) atoms. The zero-order valence-corrected chi connectivity index (χ0v) is 19.8. The fourth-order valence-corrected chi connectivity index (χ4v) is 3.92. The van der Waals surface area contributed by atoms with Gasteiger partial charge in [-0.3, -0.25) is 4.99 Å². The number of benzene rings is 1. The molecule has 0 saturated carbocycles. The molecule has 3 rings (SSSR count). The van der Waals surface area contributed by atoms with Crippen molar-refractivity contribution in [1.82, 2.24) is 15.6 Å². The number of nitrogens with zero attached hydrogens (tertiary/aromatic N) is 3. The summed E-state index contributed by atoms with van der Waals surface area (Å²) in [6, 6.07) is 8.00. The van der Waals surface area contributed by atoms with Gasteiger partial charge in [0.2, 0.25) is 0 Å². The van der Waals surface area contributed by atoms with Gasteiger partial charge in [0.15, 0.2) is 11.7 Å². The summed E-state index contributed by atoms with van der Waals surface area (Å²) in [7, 11) is 3.29. The lowest BCUT2D eigenvalue weighted by Crippen LogP contribution is -2.39. The molecule has 1 aliphatic rings. The van der Waals surface area contributed by atoms with E-state index in [1.807, 2.05) is 18.2 Å². The SMILES string of the molecule is CN=C(NCc1nc(C(F)(F)F)cs1)NCC1CCN(c2cccc(OC)c2)C1.I. The van der Waals surface area contributed by atoms with E-state index in [0.717, 1.165) is 54.2 Å². The molecule has 11 heteroatoms. The number of hydrogen-bond acceptors (Lipinski definition) is 5. The van der Waals surface area contributed by atoms with Gasteiger partial charge in [0.05, 0.1) is 13.7 Å². The first-order valence-corrected chi connectivity index (χ1v) is 10.1. The third-order valence-electron chi connectivity index (χ3n) is 4.74. The third kappa shape index (κ3) is 6.62. The van der Waals surface area contributed by atoms with E-state index in [2.05, 4.69) is 31.6 Å². The minimum Gasteiger partial charge on any atom is -0.497 e. The van der Waals surface area contributed by atoms with Crippen LogP contribution >= 0.6 is 35.3 Å². The number of hydrogen-bond donors (Lipinski definition) is 2. The predicted octanol–water partition coefficient (Wildman–Crippen LogP) is 3.98. The Kier molecular flexibility index (Phi) is 9.01. The summed E-state index contributed by atoms with van der Waals surface area (Å²) in [6.07, 6.45) is -3.37. The number of methoxy groups -OCH3 is 1. The number of rotatable bonds is 6. The number of ether oxygens (including phenoxy) is 1. The molecule has 1 aromatic heterocycles. The number of halogens is 4. The van der Waals surface area contributed by atoms with Crippen molar-refractivity contribution < 1.29 is 17.9 Å². The van der Waals surface area contributed by atoms with Crippen molar-refractivity contribution in [3.8, 4) is 5.75 Å². The van der Waals surface area contributed by atoms with Gasteiger partial charge in [-0.1, -0.05) is 6.07 Å². The van der Waals surface area contributed by atoms with Crippen LogP contribution in [0.5, 0.6) is 5.75 Å². The van der Waals surface area contributed by atoms with Crippen molar-refractivity contribution in [1.29, 1.82) is 0 Å². The number of thiazole rings is 1. The predicted molar refractivity (Wildman–Crippen MR) is 124 cm³/mol. The van der Waals surface area contributed by atoms with Gasteiger partial charge in [-0.2, -0.15) is 13.2 Å². The number of aromatic nitrogens is 1. The normalized spacial score (nSPS) is 16.9. The summed E-state index contributed by atoms with van der Waals surface area (Å²) in [5.41, 5.74) is 0.282. The Bertz CT molecular complexity index is 846. The minimum atomic E-state index is -4.41. The molecule has 1 unspecified atom stereocenters. The Balaban J connectivity index is 0.00000320. The summed E-state index contributed by atoms with van der Waals surface area (Å²) < 4.78 is 43.2. The highest BCUT2D eigenvalue weighted by molar-refractivity contribution is 14.0. The number of anilines is 1. The summed E-state index contributed by atoms with van der Waals surface area (Å²) in [4.78, 5) is 10.1. The van der Waals surface area contributed by atoms with Gasteiger partial charge in [0, 0.05) is 43.8 Å². The molecule has 0 radical (unpaired) electrons. The average molecular weight is 555 g/mol. The zero-order valence-electron chi connectivity index (χ0n) is 16.7. The topological polar surface area (TPSA) is 61.8 Å². The van der Waals surface area contributed by atoms with E-state index in [-0.39, 0.29) is 30.5 Å². The first kappa shape index (κ1) is 24.5. The van der Waals surface area contributed by atoms with Gasteiger partial charge in [0.1, 0.15) is 10.8 Å². The van der Waals surface area contributed by atoms with E-state index in [1.165, 1.54) is 0 Å². The molecule has 2 aromatic rings. The molecule has 2 heterocycles. The van der Waals surface area contributed by atoms with Crippen LogP contribution in [0.25, 0.3) is 0 Å². The third-order valence-corrected chi connectivity index (χ3v) is 5.58. The van der Waals surface area contributed by atoms with Crippen LogP contribution in [0, 0.1) is 5.92 Å². The molecule has 1 saturated heterocycles. The molecule has 166 valence electrons. The summed E-state index contributed by atoms with van der Waals surface area (Å²) >= 11 is 0.980. The van der Waals surface area contributed by atoms with Gasteiger partial charge in [0.25, 0.3) is 0 Å². The molecule has 0 aliphatic carbocycles. The van der Waals surface area contributed by atoms with E-state index in [4.69, 9.17) is 4.74 Å². The molecule has 0 bridgehead atoms. The van der Waals surface area contributed by atoms with Crippen LogP contribution in [0.3, 0.4) is 0 Å². The van der Waals surface area contributed by atoms with E-state index in [9.17, 15) is 13.2 Å². The molecule has 0 amide bonds. The van der Waals surface area contributed by atoms with Crippen LogP contribution in [0.4, 0.5) is 18.9 Å². The summed E-state index contributed by atoms with van der Waals surface area (Å²) in [5, 5.41) is 7.67. The maximum atomic E-state index is 12.6. The number of alkyl halides is 3. The second-order valence-corrected chi connectivity index (χ2v) is 7.68. The van der Waals surface area contributed by atoms with Crippen LogP contribution in [0.1, 0.15) is 17.1 Å². The highest BCUT2D eigenvalue weighted by Gasteiger charge is 2.33. The fraction of sp³-hybridized carbons (Fsp3) is 0.474. The fourth-order valence-electron chi connectivity index (χ4n) is 3.18. The smallest absolute Gasteiger partial charge is 0.434 e. The second kappa shape index (κ2) is 11.0. The Hall–Kier alpha value is -1.76. The number of nitrogens with one attached hydrogen (secondary N) is 2. The maximum absolute atomic E-state index is 12.6. The van der Waals surface area contributed by atoms with Crippen molar-refractivity contribution in [2.45, 2.75) is 19.1 Å². The monoisotopic (exact) mass is 555 g/mol. The second-order valence-electron chi connectivity index (χ2n) is 6.73. The van der Waals surface area contributed by atoms with Crippen molar-refractivity contribution in [3.63, 3.8) is 0 Å². The van der Waals surface area contributed by atoms with Crippen LogP contribution in [-0.4, -0.2) is 44.7 Å². The largest absolute Gasteiger partial charge is 0.497 e. The molecule has 2 N–H and O–H groups in total. The average Bonchev–Trinajstić information content (AvgIpc) is 3.38. The lowest BCUT2D eigenvalue weighted by Gasteiger charge is -2.20. The molecule has 1 fully saturated rings. The van der Waals surface area contributed by atoms with E-state index >= 15 is 0 Å². The molecule has 1 atom stereocenters. The molecule has 6 nitrogen and oxygen atoms in total. The number of aliphatic imine (C=N–C) groups is 1. The molecule has 1 aromatic carbocycles. The van der Waals surface area contributed by atoms with Crippen LogP contribution in [0.2, 0.25) is 0 Å². The lowest BCUT2D eigenvalue weighted by atomic mass is 10.1. The van der Waals surface area contributed by atoms with Crippen LogP contribution in [0.15, 0.2) is 34.6 Å². The lowest BCUT2D eigenvalue weighted by molar-refractivity contribution is -0.140. The Morgan fingerprint density at radius 3 is 2.83 bits per heavy atom. The van der Waals surface area contributed by atoms with E-state index in [0.29, 0.717) is 16.9 Å². The summed E-state index contributed by atoms with van der Waals surface area (Å²) in [6.45, 7) is 2.80. The van der Waals surface area contributed by atoms with Crippen LogP contribution in [-0.2, 0) is 12.7 Å². The van der Waals surface area contributed by atoms with Crippen molar-refractivity contribution >= 4 is 47.0 Å². The highest BCUT2D eigenvalue weighted by atomic mass is 127. The van der Waals surface area contributed by atoms with E-state index in [1.54, 1.807) is 14.2 Å². The van der Waals surface area contributed by atoms with Crippen molar-refractivity contribution in [3.05, 3.63) is 40.3 Å². The molecular formula is C19H25F3IN5OS. The Labute approximate surface area is 195 Å². The Morgan fingerprint density at radius 1 is 1.37 bits per heavy atom. The van der Waals surface area contributed by atoms with Gasteiger partial charge in [-0.05, 0) is 24.5 Å². The summed E-state index contributed by atoms with van der Waals surface area (Å²) in [5.74, 6) is 1.83. The van der Waals surface area contributed by atoms with Gasteiger partial charge in [-0.25, -0.2) is 4.98 Å². The first-order chi connectivity index (χ1) is 13.9. The van der Waals surface area contributed by atoms with Gasteiger partial charge < -0.3 is 20.3 Å². The molecule has 0 spiro atoms. The standard InChI is InChI=1S/C19H24F3N5OS.HI/c1-23-18(25-10-17-26-16(12-29-17)19(20,21)22)24-9-13-6-7-27(11-13)14-4-3-5-15(8-14)28-2;/h3-5,8,12-13H,6-7,9-11H2,1-2H3,(H2,23,24,25);1H. The molecule has 1 aliphatic heterocycles. The van der Waals surface area contributed by atoms with Gasteiger partial charge in [-0.15, -0.1) is 35.3 Å². The zero-order chi connectivity index (χ0) is 20.9. The van der Waals surface area contributed by atoms with Crippen molar-refractivity contribution in [2.24, 2.45) is 10.9 Å². The van der Waals surface area contributed by atoms with Crippen LogP contribution < -0.4 is 20.3 Å². The van der Waals surface area contributed by atoms with E-state index < -0.39 is 11.9 Å². The maximum Gasteiger partial charge on any atom is 0.434 e. The van der Waals surface area contributed by atoms with Gasteiger partial charge >= 0.3 is 6.18 Å². The van der Waals surface area contributed by atoms with Crippen molar-refractivity contribution in [2.75, 3.05) is 38.7 Å². The Morgan fingerprint density at radius 2 is 2.17 bits per heavy atom. The first-order valence-electron chi connectivity index (χ1n) is 9.24. The minimum absolute atomic E-state index is 0. The highest BCUT2D eigenvalue weighted by Crippen LogP contribution is 2.30. The quantitative estimate of drug-likeness (QED) is 0.321. The molecular weight excluding hydrogens is 530 g/mol. The number of guanidine groups is 1.